The topological polar surface area (TPSA) is 38.1 Å². The summed E-state index contributed by atoms with van der Waals surface area (Å²) >= 11 is 5.16. The SMILES string of the molecule is CCCNCc1ccc(Sc2nc(C)c(C)o2)c(Br)c1. The molecule has 2 rings (SSSR count). The first-order chi connectivity index (χ1) is 9.60. The van der Waals surface area contributed by atoms with Crippen LogP contribution in [0.1, 0.15) is 30.4 Å². The van der Waals surface area contributed by atoms with E-state index in [0.717, 1.165) is 40.3 Å². The van der Waals surface area contributed by atoms with Gasteiger partial charge in [-0.15, -0.1) is 0 Å². The molecule has 0 aliphatic rings. The van der Waals surface area contributed by atoms with Crippen molar-refractivity contribution >= 4 is 27.7 Å². The smallest absolute Gasteiger partial charge is 0.261 e. The zero-order chi connectivity index (χ0) is 14.5. The van der Waals surface area contributed by atoms with E-state index in [1.54, 1.807) is 11.8 Å². The average molecular weight is 355 g/mol. The molecule has 0 fully saturated rings. The maximum Gasteiger partial charge on any atom is 0.261 e. The van der Waals surface area contributed by atoms with E-state index in [4.69, 9.17) is 4.42 Å². The van der Waals surface area contributed by atoms with Gasteiger partial charge in [-0.2, -0.15) is 0 Å². The first kappa shape index (κ1) is 15.6. The van der Waals surface area contributed by atoms with Crippen LogP contribution < -0.4 is 5.32 Å². The van der Waals surface area contributed by atoms with E-state index >= 15 is 0 Å². The van der Waals surface area contributed by atoms with Gasteiger partial charge in [0.1, 0.15) is 5.76 Å². The molecular formula is C15H19BrN2OS. The molecular weight excluding hydrogens is 336 g/mol. The van der Waals surface area contributed by atoms with Crippen molar-refractivity contribution in [3.63, 3.8) is 0 Å². The highest BCUT2D eigenvalue weighted by Gasteiger charge is 2.10. The molecule has 0 bridgehead atoms. The van der Waals surface area contributed by atoms with Crippen LogP contribution in [0.3, 0.4) is 0 Å². The normalized spacial score (nSPS) is 11.0. The van der Waals surface area contributed by atoms with E-state index in [1.807, 2.05) is 13.8 Å². The maximum atomic E-state index is 5.60. The lowest BCUT2D eigenvalue weighted by molar-refractivity contribution is 0.431. The van der Waals surface area contributed by atoms with Crippen molar-refractivity contribution in [2.75, 3.05) is 6.54 Å². The predicted octanol–water partition coefficient (Wildman–Crippen LogP) is 4.70. The van der Waals surface area contributed by atoms with Crippen LogP contribution in [0.15, 0.2) is 37.2 Å². The number of oxazole rings is 1. The quantitative estimate of drug-likeness (QED) is 0.762. The monoisotopic (exact) mass is 354 g/mol. The zero-order valence-electron chi connectivity index (χ0n) is 12.0. The lowest BCUT2D eigenvalue weighted by Gasteiger charge is -2.06. The van der Waals surface area contributed by atoms with Crippen molar-refractivity contribution in [2.24, 2.45) is 0 Å². The fourth-order valence-corrected chi connectivity index (χ4v) is 3.23. The number of aromatic nitrogens is 1. The first-order valence-electron chi connectivity index (χ1n) is 6.71. The van der Waals surface area contributed by atoms with Gasteiger partial charge < -0.3 is 9.73 Å². The van der Waals surface area contributed by atoms with Gasteiger partial charge >= 0.3 is 0 Å². The van der Waals surface area contributed by atoms with E-state index < -0.39 is 0 Å². The largest absolute Gasteiger partial charge is 0.436 e. The van der Waals surface area contributed by atoms with E-state index in [2.05, 4.69) is 51.4 Å². The molecule has 108 valence electrons. The summed E-state index contributed by atoms with van der Waals surface area (Å²) in [6.45, 7) is 8.00. The maximum absolute atomic E-state index is 5.60. The molecule has 0 radical (unpaired) electrons. The Morgan fingerprint density at radius 1 is 1.35 bits per heavy atom. The lowest BCUT2D eigenvalue weighted by Crippen LogP contribution is -2.13. The van der Waals surface area contributed by atoms with Crippen molar-refractivity contribution in [3.05, 3.63) is 39.7 Å². The molecule has 1 N–H and O–H groups in total. The molecule has 0 aliphatic heterocycles. The van der Waals surface area contributed by atoms with Gasteiger partial charge in [0.05, 0.1) is 5.69 Å². The summed E-state index contributed by atoms with van der Waals surface area (Å²) in [6.07, 6.45) is 1.15. The van der Waals surface area contributed by atoms with Crippen LogP contribution in [0.2, 0.25) is 0 Å². The van der Waals surface area contributed by atoms with Crippen molar-refractivity contribution in [1.82, 2.24) is 10.3 Å². The highest BCUT2D eigenvalue weighted by Crippen LogP contribution is 2.34. The fraction of sp³-hybridized carbons (Fsp3) is 0.400. The average Bonchev–Trinajstić information content (AvgIpc) is 2.72. The molecule has 1 aromatic carbocycles. The van der Waals surface area contributed by atoms with Gasteiger partial charge in [0.25, 0.3) is 5.22 Å². The minimum Gasteiger partial charge on any atom is -0.436 e. The molecule has 0 spiro atoms. The first-order valence-corrected chi connectivity index (χ1v) is 8.32. The third-order valence-corrected chi connectivity index (χ3v) is 4.80. The Hall–Kier alpha value is -0.780. The summed E-state index contributed by atoms with van der Waals surface area (Å²) in [4.78, 5) is 5.51. The van der Waals surface area contributed by atoms with Crippen LogP contribution in [0.4, 0.5) is 0 Å². The fourth-order valence-electron chi connectivity index (χ4n) is 1.73. The summed E-state index contributed by atoms with van der Waals surface area (Å²) in [7, 11) is 0. The Morgan fingerprint density at radius 3 is 2.75 bits per heavy atom. The van der Waals surface area contributed by atoms with Gasteiger partial charge in [-0.05, 0) is 72.2 Å². The molecule has 0 amide bonds. The van der Waals surface area contributed by atoms with Crippen LogP contribution in [-0.2, 0) is 6.54 Å². The van der Waals surface area contributed by atoms with Crippen molar-refractivity contribution in [1.29, 1.82) is 0 Å². The minimum atomic E-state index is 0.692. The molecule has 5 heteroatoms. The second kappa shape index (κ2) is 7.29. The Bertz CT molecular complexity index is 564. The van der Waals surface area contributed by atoms with Gasteiger partial charge in [-0.25, -0.2) is 4.98 Å². The minimum absolute atomic E-state index is 0.692. The standard InChI is InChI=1S/C15H19BrN2OS/c1-4-7-17-9-12-5-6-14(13(16)8-12)20-15-18-10(2)11(3)19-15/h5-6,8,17H,4,7,9H2,1-3H3. The predicted molar refractivity (Wildman–Crippen MR) is 86.2 cm³/mol. The van der Waals surface area contributed by atoms with Gasteiger partial charge in [-0.1, -0.05) is 13.0 Å². The number of rotatable bonds is 6. The van der Waals surface area contributed by atoms with Gasteiger partial charge in [-0.3, -0.25) is 0 Å². The van der Waals surface area contributed by atoms with Crippen LogP contribution in [0.25, 0.3) is 0 Å². The number of nitrogens with zero attached hydrogens (tertiary/aromatic N) is 1. The lowest BCUT2D eigenvalue weighted by atomic mass is 10.2. The third-order valence-electron chi connectivity index (χ3n) is 2.96. The van der Waals surface area contributed by atoms with E-state index in [9.17, 15) is 0 Å². The summed E-state index contributed by atoms with van der Waals surface area (Å²) in [5, 5.41) is 4.09. The zero-order valence-corrected chi connectivity index (χ0v) is 14.4. The summed E-state index contributed by atoms with van der Waals surface area (Å²) in [6, 6.07) is 6.39. The summed E-state index contributed by atoms with van der Waals surface area (Å²) in [5.41, 5.74) is 2.22. The van der Waals surface area contributed by atoms with Crippen LogP contribution >= 0.6 is 27.7 Å². The van der Waals surface area contributed by atoms with Crippen molar-refractivity contribution in [2.45, 2.75) is 43.9 Å². The number of hydrogen-bond acceptors (Lipinski definition) is 4. The van der Waals surface area contributed by atoms with Gasteiger partial charge in [0.15, 0.2) is 0 Å². The van der Waals surface area contributed by atoms with E-state index in [0.29, 0.717) is 5.22 Å². The Labute approximate surface area is 132 Å². The molecule has 2 aromatic rings. The van der Waals surface area contributed by atoms with Crippen molar-refractivity contribution in [3.8, 4) is 0 Å². The highest BCUT2D eigenvalue weighted by atomic mass is 79.9. The number of aryl methyl sites for hydroxylation is 2. The molecule has 1 heterocycles. The van der Waals surface area contributed by atoms with Crippen LogP contribution in [-0.4, -0.2) is 11.5 Å². The molecule has 20 heavy (non-hydrogen) atoms. The van der Waals surface area contributed by atoms with Gasteiger partial charge in [0, 0.05) is 15.9 Å². The molecule has 0 saturated heterocycles. The summed E-state index contributed by atoms with van der Waals surface area (Å²) < 4.78 is 6.68. The Balaban J connectivity index is 2.05. The number of benzene rings is 1. The van der Waals surface area contributed by atoms with Gasteiger partial charge in [0.2, 0.25) is 0 Å². The molecule has 0 saturated carbocycles. The Morgan fingerprint density at radius 2 is 2.15 bits per heavy atom. The van der Waals surface area contributed by atoms with Crippen LogP contribution in [0, 0.1) is 13.8 Å². The Kier molecular flexibility index (Phi) is 5.69. The number of nitrogens with one attached hydrogen (secondary N) is 1. The molecule has 0 aliphatic carbocycles. The molecule has 0 unspecified atom stereocenters. The highest BCUT2D eigenvalue weighted by molar-refractivity contribution is 9.10. The molecule has 3 nitrogen and oxygen atoms in total. The van der Waals surface area contributed by atoms with E-state index in [-0.39, 0.29) is 0 Å². The third kappa shape index (κ3) is 4.11. The van der Waals surface area contributed by atoms with E-state index in [1.165, 1.54) is 5.56 Å². The second-order valence-electron chi connectivity index (χ2n) is 4.66. The van der Waals surface area contributed by atoms with Crippen molar-refractivity contribution < 1.29 is 4.42 Å². The number of hydrogen-bond donors (Lipinski definition) is 1. The van der Waals surface area contributed by atoms with Crippen LogP contribution in [0.5, 0.6) is 0 Å². The molecule has 1 aromatic heterocycles. The summed E-state index contributed by atoms with van der Waals surface area (Å²) in [5.74, 6) is 0.879. The molecule has 0 atom stereocenters. The second-order valence-corrected chi connectivity index (χ2v) is 6.51. The number of halogens is 1.